The molecule has 0 spiro atoms. The number of hydrogen-bond donors (Lipinski definition) is 2. The number of anilines is 1. The highest BCUT2D eigenvalue weighted by Crippen LogP contribution is 2.27. The Bertz CT molecular complexity index is 991. The number of nitrogens with zero attached hydrogens (tertiary/aromatic N) is 1. The fraction of sp³-hybridized carbons (Fsp3) is 0.188. The Balaban J connectivity index is 2.09. The molecular formula is C16H13F3N2O7S. The van der Waals surface area contributed by atoms with Crippen LogP contribution in [0.25, 0.3) is 0 Å². The van der Waals surface area contributed by atoms with E-state index >= 15 is 0 Å². The van der Waals surface area contributed by atoms with Crippen LogP contribution < -0.4 is 9.50 Å². The monoisotopic (exact) mass is 434 g/mol. The minimum Gasteiger partial charge on any atom is -0.480 e. The van der Waals surface area contributed by atoms with Gasteiger partial charge in [0.15, 0.2) is 0 Å². The molecule has 0 radical (unpaired) electrons. The molecule has 9 nitrogen and oxygen atoms in total. The first kappa shape index (κ1) is 21.9. The summed E-state index contributed by atoms with van der Waals surface area (Å²) in [4.78, 5) is 21.5. The highest BCUT2D eigenvalue weighted by molar-refractivity contribution is 7.88. The lowest BCUT2D eigenvalue weighted by Crippen LogP contribution is -2.31. The molecular weight excluding hydrogens is 421 g/mol. The number of non-ortho nitro benzene ring substituents is 1. The van der Waals surface area contributed by atoms with Crippen LogP contribution in [-0.2, 0) is 21.3 Å². The Labute approximate surface area is 162 Å². The number of rotatable bonds is 8. The second kappa shape index (κ2) is 8.34. The van der Waals surface area contributed by atoms with Crippen LogP contribution in [-0.4, -0.2) is 36.0 Å². The summed E-state index contributed by atoms with van der Waals surface area (Å²) < 4.78 is 62.8. The molecule has 1 atom stereocenters. The van der Waals surface area contributed by atoms with Crippen LogP contribution in [0.5, 0.6) is 5.75 Å². The predicted octanol–water partition coefficient (Wildman–Crippen LogP) is 2.93. The van der Waals surface area contributed by atoms with Gasteiger partial charge in [0.05, 0.1) is 4.92 Å². The molecule has 0 aliphatic rings. The number of aliphatic carboxylic acids is 1. The first-order valence-corrected chi connectivity index (χ1v) is 9.13. The molecule has 0 amide bonds. The van der Waals surface area contributed by atoms with Crippen LogP contribution in [0.2, 0.25) is 0 Å². The maximum Gasteiger partial charge on any atom is 0.534 e. The zero-order valence-corrected chi connectivity index (χ0v) is 15.1. The first-order valence-electron chi connectivity index (χ1n) is 7.72. The van der Waals surface area contributed by atoms with Crippen LogP contribution in [0.3, 0.4) is 0 Å². The summed E-state index contributed by atoms with van der Waals surface area (Å²) in [5, 5.41) is 22.6. The zero-order chi connectivity index (χ0) is 21.8. The molecule has 0 saturated heterocycles. The molecule has 0 bridgehead atoms. The smallest absolute Gasteiger partial charge is 0.480 e. The molecule has 2 aromatic carbocycles. The second-order valence-corrected chi connectivity index (χ2v) is 7.21. The van der Waals surface area contributed by atoms with Gasteiger partial charge in [-0.25, -0.2) is 4.79 Å². The number of halogens is 3. The van der Waals surface area contributed by atoms with Gasteiger partial charge in [0.1, 0.15) is 11.8 Å². The largest absolute Gasteiger partial charge is 0.534 e. The summed E-state index contributed by atoms with van der Waals surface area (Å²) in [5.74, 6) is -1.83. The molecule has 0 unspecified atom stereocenters. The van der Waals surface area contributed by atoms with E-state index in [1.54, 1.807) is 0 Å². The quantitative estimate of drug-likeness (QED) is 0.280. The maximum absolute atomic E-state index is 12.3. The van der Waals surface area contributed by atoms with E-state index in [2.05, 4.69) is 9.50 Å². The van der Waals surface area contributed by atoms with Crippen LogP contribution in [0.4, 0.5) is 24.5 Å². The second-order valence-electron chi connectivity index (χ2n) is 5.67. The Hall–Kier alpha value is -3.35. The average molecular weight is 434 g/mol. The highest BCUT2D eigenvalue weighted by Gasteiger charge is 2.48. The van der Waals surface area contributed by atoms with Gasteiger partial charge >= 0.3 is 21.6 Å². The molecule has 0 saturated carbocycles. The molecule has 156 valence electrons. The number of hydrogen-bond acceptors (Lipinski definition) is 7. The summed E-state index contributed by atoms with van der Waals surface area (Å²) in [6.45, 7) is 0. The molecule has 0 fully saturated rings. The maximum atomic E-state index is 12.3. The topological polar surface area (TPSA) is 136 Å². The molecule has 0 aliphatic heterocycles. The summed E-state index contributed by atoms with van der Waals surface area (Å²) in [6, 6.07) is 8.22. The first-order chi connectivity index (χ1) is 13.4. The Morgan fingerprint density at radius 3 is 2.14 bits per heavy atom. The van der Waals surface area contributed by atoms with Crippen LogP contribution in [0.15, 0.2) is 48.5 Å². The molecule has 0 heterocycles. The average Bonchev–Trinajstić information content (AvgIpc) is 2.62. The standard InChI is InChI=1S/C16H13F3N2O7S/c17-16(18,19)29(26,27)28-13-7-1-10(2-8-13)9-14(15(22)23)20-11-3-5-12(6-4-11)21(24)25/h1-8,14,20H,9H2,(H,22,23)/t14-/m0/s1. The van der Waals surface area contributed by atoms with Crippen molar-refractivity contribution in [1.29, 1.82) is 0 Å². The number of carboxylic acid groups (broad SMARTS) is 1. The van der Waals surface area contributed by atoms with E-state index in [-0.39, 0.29) is 12.1 Å². The lowest BCUT2D eigenvalue weighted by atomic mass is 10.1. The molecule has 2 rings (SSSR count). The molecule has 13 heteroatoms. The van der Waals surface area contributed by atoms with Crippen molar-refractivity contribution in [1.82, 2.24) is 0 Å². The molecule has 2 N–H and O–H groups in total. The number of nitro groups is 1. The van der Waals surface area contributed by atoms with Crippen molar-refractivity contribution in [2.24, 2.45) is 0 Å². The predicted molar refractivity (Wildman–Crippen MR) is 93.9 cm³/mol. The Morgan fingerprint density at radius 1 is 1.14 bits per heavy atom. The third kappa shape index (κ3) is 5.81. The normalized spacial score (nSPS) is 12.8. The third-order valence-corrected chi connectivity index (χ3v) is 4.55. The number of benzene rings is 2. The minimum absolute atomic E-state index is 0.112. The highest BCUT2D eigenvalue weighted by atomic mass is 32.2. The minimum atomic E-state index is -5.80. The molecule has 2 aromatic rings. The third-order valence-electron chi connectivity index (χ3n) is 3.57. The number of nitrogens with one attached hydrogen (secondary N) is 1. The van der Waals surface area contributed by atoms with Gasteiger partial charge in [0.2, 0.25) is 0 Å². The van der Waals surface area contributed by atoms with Crippen molar-refractivity contribution >= 4 is 27.5 Å². The van der Waals surface area contributed by atoms with Crippen molar-refractivity contribution in [3.8, 4) is 5.75 Å². The van der Waals surface area contributed by atoms with Gasteiger partial charge < -0.3 is 14.6 Å². The van der Waals surface area contributed by atoms with Gasteiger partial charge in [-0.1, -0.05) is 12.1 Å². The lowest BCUT2D eigenvalue weighted by Gasteiger charge is -2.16. The lowest BCUT2D eigenvalue weighted by molar-refractivity contribution is -0.384. The summed E-state index contributed by atoms with van der Waals surface area (Å²) in [5.41, 5.74) is -5.08. The van der Waals surface area contributed by atoms with Crippen LogP contribution in [0.1, 0.15) is 5.56 Å². The summed E-state index contributed by atoms with van der Waals surface area (Å²) >= 11 is 0. The van der Waals surface area contributed by atoms with Crippen molar-refractivity contribution in [2.45, 2.75) is 18.0 Å². The van der Waals surface area contributed by atoms with Crippen LogP contribution >= 0.6 is 0 Å². The fourth-order valence-corrected chi connectivity index (χ4v) is 2.63. The molecule has 0 aliphatic carbocycles. The molecule has 29 heavy (non-hydrogen) atoms. The van der Waals surface area contributed by atoms with E-state index in [0.717, 1.165) is 12.1 Å². The number of carbonyl (C=O) groups is 1. The number of alkyl halides is 3. The SMILES string of the molecule is O=C(O)[C@H](Cc1ccc(OS(=O)(=O)C(F)(F)F)cc1)Nc1ccc([N+](=O)[O-])cc1. The van der Waals surface area contributed by atoms with E-state index in [1.807, 2.05) is 0 Å². The van der Waals surface area contributed by atoms with E-state index in [9.17, 15) is 41.6 Å². The fourth-order valence-electron chi connectivity index (χ4n) is 2.17. The van der Waals surface area contributed by atoms with E-state index in [4.69, 9.17) is 0 Å². The van der Waals surface area contributed by atoms with Crippen molar-refractivity contribution < 1.29 is 40.6 Å². The van der Waals surface area contributed by atoms with Gasteiger partial charge in [0.25, 0.3) is 5.69 Å². The van der Waals surface area contributed by atoms with Gasteiger partial charge in [-0.2, -0.15) is 21.6 Å². The van der Waals surface area contributed by atoms with E-state index in [1.165, 1.54) is 36.4 Å². The number of carboxylic acids is 1. The van der Waals surface area contributed by atoms with Gasteiger partial charge in [-0.05, 0) is 29.8 Å². The zero-order valence-electron chi connectivity index (χ0n) is 14.3. The Kier molecular flexibility index (Phi) is 6.31. The summed E-state index contributed by atoms with van der Waals surface area (Å²) in [6.07, 6.45) is -0.112. The van der Waals surface area contributed by atoms with Crippen molar-refractivity contribution in [3.63, 3.8) is 0 Å². The van der Waals surface area contributed by atoms with Crippen LogP contribution in [0, 0.1) is 10.1 Å². The van der Waals surface area contributed by atoms with E-state index < -0.39 is 38.3 Å². The number of nitro benzene ring substituents is 1. The van der Waals surface area contributed by atoms with Gasteiger partial charge in [-0.15, -0.1) is 0 Å². The van der Waals surface area contributed by atoms with Gasteiger partial charge in [-0.3, -0.25) is 10.1 Å². The molecule has 0 aromatic heterocycles. The van der Waals surface area contributed by atoms with Crippen molar-refractivity contribution in [3.05, 3.63) is 64.2 Å². The van der Waals surface area contributed by atoms with Crippen molar-refractivity contribution in [2.75, 3.05) is 5.32 Å². The van der Waals surface area contributed by atoms with E-state index in [0.29, 0.717) is 11.3 Å². The Morgan fingerprint density at radius 2 is 1.69 bits per heavy atom. The van der Waals surface area contributed by atoms with Gasteiger partial charge in [0, 0.05) is 24.2 Å². The summed E-state index contributed by atoms with van der Waals surface area (Å²) in [7, 11) is -5.80.